The van der Waals surface area contributed by atoms with Crippen molar-refractivity contribution in [3.63, 3.8) is 0 Å². The molecule has 0 spiro atoms. The molecule has 0 bridgehead atoms. The number of nitrogens with one attached hydrogen (secondary N) is 2. The van der Waals surface area contributed by atoms with Crippen LogP contribution in [0, 0.1) is 0 Å². The minimum Gasteiger partial charge on any atom is -0.354 e. The lowest BCUT2D eigenvalue weighted by Gasteiger charge is -2.36. The van der Waals surface area contributed by atoms with Gasteiger partial charge in [-0.3, -0.25) is 14.4 Å². The van der Waals surface area contributed by atoms with Crippen LogP contribution >= 0.6 is 12.4 Å². The highest BCUT2D eigenvalue weighted by Crippen LogP contribution is 2.26. The summed E-state index contributed by atoms with van der Waals surface area (Å²) >= 11 is 0. The van der Waals surface area contributed by atoms with Crippen molar-refractivity contribution in [3.05, 3.63) is 29.3 Å². The van der Waals surface area contributed by atoms with E-state index in [1.54, 1.807) is 6.07 Å². The molecule has 3 amide bonds. The maximum atomic E-state index is 13.0. The molecule has 2 aliphatic heterocycles. The molecule has 0 aromatic heterocycles. The van der Waals surface area contributed by atoms with Crippen molar-refractivity contribution in [2.24, 2.45) is 5.73 Å². The summed E-state index contributed by atoms with van der Waals surface area (Å²) < 4.78 is 0. The molecular formula is C19H27ClN4O3. The number of rotatable bonds is 5. The van der Waals surface area contributed by atoms with Gasteiger partial charge < -0.3 is 21.3 Å². The van der Waals surface area contributed by atoms with Crippen LogP contribution in [-0.4, -0.2) is 48.3 Å². The van der Waals surface area contributed by atoms with E-state index in [2.05, 4.69) is 10.6 Å². The van der Waals surface area contributed by atoms with Crippen LogP contribution in [0.1, 0.15) is 48.0 Å². The molecule has 1 aromatic rings. The van der Waals surface area contributed by atoms with Crippen LogP contribution in [0.4, 0.5) is 5.69 Å². The zero-order valence-electron chi connectivity index (χ0n) is 15.3. The molecule has 0 aliphatic carbocycles. The quantitative estimate of drug-likeness (QED) is 0.703. The Morgan fingerprint density at radius 2 is 2.07 bits per heavy atom. The van der Waals surface area contributed by atoms with Gasteiger partial charge in [-0.1, -0.05) is 0 Å². The number of anilines is 1. The van der Waals surface area contributed by atoms with Crippen LogP contribution in [0.15, 0.2) is 18.2 Å². The van der Waals surface area contributed by atoms with E-state index < -0.39 is 0 Å². The second-order valence-electron chi connectivity index (χ2n) is 6.91. The van der Waals surface area contributed by atoms with Crippen molar-refractivity contribution in [2.45, 2.75) is 44.6 Å². The molecule has 1 fully saturated rings. The van der Waals surface area contributed by atoms with Crippen LogP contribution in [0.3, 0.4) is 0 Å². The van der Waals surface area contributed by atoms with E-state index in [-0.39, 0.29) is 36.2 Å². The van der Waals surface area contributed by atoms with Crippen molar-refractivity contribution in [1.29, 1.82) is 0 Å². The van der Waals surface area contributed by atoms with Crippen LogP contribution in [-0.2, 0) is 16.0 Å². The number of likely N-dealkylation sites (tertiary alicyclic amines) is 1. The molecule has 8 heteroatoms. The van der Waals surface area contributed by atoms with Gasteiger partial charge in [0.25, 0.3) is 5.91 Å². The molecule has 3 rings (SSSR count). The molecular weight excluding hydrogens is 368 g/mol. The SMILES string of the molecule is Cl.NCCC(=O)NCC1CCCCN1C(=O)c1ccc2c(c1)CCC(=O)N2. The van der Waals surface area contributed by atoms with Crippen molar-refractivity contribution in [2.75, 3.05) is 25.0 Å². The number of hydrogen-bond acceptors (Lipinski definition) is 4. The van der Waals surface area contributed by atoms with Crippen LogP contribution in [0.2, 0.25) is 0 Å². The topological polar surface area (TPSA) is 105 Å². The van der Waals surface area contributed by atoms with E-state index in [4.69, 9.17) is 5.73 Å². The molecule has 7 nitrogen and oxygen atoms in total. The summed E-state index contributed by atoms with van der Waals surface area (Å²) in [6.45, 7) is 1.49. The molecule has 2 aliphatic rings. The number of carbonyl (C=O) groups excluding carboxylic acids is 3. The molecule has 148 valence electrons. The monoisotopic (exact) mass is 394 g/mol. The predicted molar refractivity (Wildman–Crippen MR) is 106 cm³/mol. The van der Waals surface area contributed by atoms with Crippen LogP contribution in [0.5, 0.6) is 0 Å². The molecule has 2 heterocycles. The standard InChI is InChI=1S/C19H26N4O3.ClH/c20-9-8-17(24)21-12-15-3-1-2-10-23(15)19(26)14-4-6-16-13(11-14)5-7-18(25)22-16;/h4,6,11,15H,1-3,5,7-10,12,20H2,(H,21,24)(H,22,25);1H. The second-order valence-corrected chi connectivity index (χ2v) is 6.91. The number of amides is 3. The van der Waals surface area contributed by atoms with E-state index in [1.165, 1.54) is 0 Å². The Morgan fingerprint density at radius 1 is 1.26 bits per heavy atom. The lowest BCUT2D eigenvalue weighted by atomic mass is 9.97. The highest BCUT2D eigenvalue weighted by Gasteiger charge is 2.28. The summed E-state index contributed by atoms with van der Waals surface area (Å²) in [5.74, 6) is -0.0710. The Balaban J connectivity index is 0.00000261. The minimum atomic E-state index is -0.0741. The Labute approximate surface area is 165 Å². The van der Waals surface area contributed by atoms with Gasteiger partial charge in [-0.15, -0.1) is 12.4 Å². The molecule has 4 N–H and O–H groups in total. The molecule has 1 aromatic carbocycles. The van der Waals surface area contributed by atoms with Crippen molar-refractivity contribution < 1.29 is 14.4 Å². The average Bonchev–Trinajstić information content (AvgIpc) is 2.66. The Morgan fingerprint density at radius 3 is 2.85 bits per heavy atom. The van der Waals surface area contributed by atoms with Crippen molar-refractivity contribution in [1.82, 2.24) is 10.2 Å². The third-order valence-electron chi connectivity index (χ3n) is 5.04. The number of halogens is 1. The largest absolute Gasteiger partial charge is 0.354 e. The summed E-state index contributed by atoms with van der Waals surface area (Å²) in [6, 6.07) is 5.47. The fraction of sp³-hybridized carbons (Fsp3) is 0.526. The minimum absolute atomic E-state index is 0. The van der Waals surface area contributed by atoms with Gasteiger partial charge in [0.1, 0.15) is 0 Å². The summed E-state index contributed by atoms with van der Waals surface area (Å²) in [7, 11) is 0. The van der Waals surface area contributed by atoms with E-state index in [9.17, 15) is 14.4 Å². The number of hydrogen-bond donors (Lipinski definition) is 3. The third-order valence-corrected chi connectivity index (χ3v) is 5.04. The zero-order chi connectivity index (χ0) is 18.5. The molecule has 0 radical (unpaired) electrons. The molecule has 27 heavy (non-hydrogen) atoms. The number of nitrogens with zero attached hydrogens (tertiary/aromatic N) is 1. The first-order valence-electron chi connectivity index (χ1n) is 9.29. The maximum absolute atomic E-state index is 13.0. The van der Waals surface area contributed by atoms with E-state index in [0.29, 0.717) is 44.5 Å². The predicted octanol–water partition coefficient (Wildman–Crippen LogP) is 1.45. The maximum Gasteiger partial charge on any atom is 0.254 e. The van der Waals surface area contributed by atoms with E-state index >= 15 is 0 Å². The van der Waals surface area contributed by atoms with Crippen LogP contribution in [0.25, 0.3) is 0 Å². The average molecular weight is 395 g/mol. The summed E-state index contributed by atoms with van der Waals surface area (Å²) in [5.41, 5.74) is 7.84. The highest BCUT2D eigenvalue weighted by atomic mass is 35.5. The van der Waals surface area contributed by atoms with Gasteiger partial charge in [-0.2, -0.15) is 0 Å². The Bertz CT molecular complexity index is 710. The van der Waals surface area contributed by atoms with Crippen molar-refractivity contribution >= 4 is 35.8 Å². The lowest BCUT2D eigenvalue weighted by Crippen LogP contribution is -2.49. The number of aryl methyl sites for hydroxylation is 1. The van der Waals surface area contributed by atoms with Crippen molar-refractivity contribution in [3.8, 4) is 0 Å². The fourth-order valence-corrected chi connectivity index (χ4v) is 3.61. The van der Waals surface area contributed by atoms with E-state index in [1.807, 2.05) is 17.0 Å². The number of piperidine rings is 1. The number of nitrogens with two attached hydrogens (primary N) is 1. The van der Waals surface area contributed by atoms with Gasteiger partial charge in [0.05, 0.1) is 0 Å². The molecule has 1 saturated heterocycles. The first-order chi connectivity index (χ1) is 12.6. The van der Waals surface area contributed by atoms with Gasteiger partial charge in [0.2, 0.25) is 11.8 Å². The lowest BCUT2D eigenvalue weighted by molar-refractivity contribution is -0.121. The zero-order valence-corrected chi connectivity index (χ0v) is 16.1. The normalized spacial score (nSPS) is 18.8. The third kappa shape index (κ3) is 5.20. The molecule has 1 atom stereocenters. The Kier molecular flexibility index (Phi) is 7.62. The smallest absolute Gasteiger partial charge is 0.254 e. The van der Waals surface area contributed by atoms with Gasteiger partial charge in [-0.25, -0.2) is 0 Å². The molecule has 0 saturated carbocycles. The number of fused-ring (bicyclic) bond motifs is 1. The molecule has 1 unspecified atom stereocenters. The number of benzene rings is 1. The second kappa shape index (κ2) is 9.71. The highest BCUT2D eigenvalue weighted by molar-refractivity contribution is 5.98. The number of carbonyl (C=O) groups is 3. The van der Waals surface area contributed by atoms with Gasteiger partial charge in [0, 0.05) is 49.8 Å². The van der Waals surface area contributed by atoms with Gasteiger partial charge >= 0.3 is 0 Å². The van der Waals surface area contributed by atoms with Gasteiger partial charge in [-0.05, 0) is 49.4 Å². The first kappa shape index (κ1) is 21.2. The van der Waals surface area contributed by atoms with Crippen LogP contribution < -0.4 is 16.4 Å². The summed E-state index contributed by atoms with van der Waals surface area (Å²) in [6.07, 6.45) is 4.31. The van der Waals surface area contributed by atoms with E-state index in [0.717, 1.165) is 30.5 Å². The summed E-state index contributed by atoms with van der Waals surface area (Å²) in [5, 5.41) is 5.72. The first-order valence-corrected chi connectivity index (χ1v) is 9.29. The van der Waals surface area contributed by atoms with Gasteiger partial charge in [0.15, 0.2) is 0 Å². The fourth-order valence-electron chi connectivity index (χ4n) is 3.61. The Hall–Kier alpha value is -2.12. The summed E-state index contributed by atoms with van der Waals surface area (Å²) in [4.78, 5) is 38.1.